The lowest BCUT2D eigenvalue weighted by Crippen LogP contribution is -2.25. The van der Waals surface area contributed by atoms with Crippen molar-refractivity contribution in [3.63, 3.8) is 0 Å². The summed E-state index contributed by atoms with van der Waals surface area (Å²) in [7, 11) is -7.16. The van der Waals surface area contributed by atoms with Crippen molar-refractivity contribution >= 4 is 48.9 Å². The Balaban J connectivity index is 1.38. The summed E-state index contributed by atoms with van der Waals surface area (Å²) < 4.78 is 52.2. The van der Waals surface area contributed by atoms with Gasteiger partial charge in [0.2, 0.25) is 0 Å². The van der Waals surface area contributed by atoms with E-state index in [1.165, 1.54) is 40.7 Å². The third-order valence-electron chi connectivity index (χ3n) is 6.52. The molecule has 0 saturated carbocycles. The number of hydrogen-bond acceptors (Lipinski definition) is 6. The Bertz CT molecular complexity index is 1800. The van der Waals surface area contributed by atoms with Gasteiger partial charge in [0.1, 0.15) is 9.84 Å². The molecular weight excluding hydrogens is 577 g/mol. The highest BCUT2D eigenvalue weighted by atomic mass is 32.2. The molecule has 210 valence electrons. The van der Waals surface area contributed by atoms with E-state index in [9.17, 15) is 21.6 Å². The first-order valence-corrected chi connectivity index (χ1v) is 17.2. The monoisotopic (exact) mass is 604 g/mol. The highest BCUT2D eigenvalue weighted by Gasteiger charge is 2.28. The number of rotatable bonds is 8. The molecule has 0 fully saturated rings. The maximum absolute atomic E-state index is 13.8. The number of carbonyl (C=O) groups is 1. The minimum atomic E-state index is -4.00. The van der Waals surface area contributed by atoms with Gasteiger partial charge in [-0.15, -0.1) is 11.8 Å². The number of sulfone groups is 1. The van der Waals surface area contributed by atoms with Crippen LogP contribution in [0.5, 0.6) is 0 Å². The summed E-state index contributed by atoms with van der Waals surface area (Å²) >= 11 is 1.44. The number of nitrogens with zero attached hydrogens (tertiary/aromatic N) is 1. The number of benzene rings is 4. The zero-order chi connectivity index (χ0) is 29.0. The molecule has 0 bridgehead atoms. The van der Waals surface area contributed by atoms with Crippen molar-refractivity contribution in [2.75, 3.05) is 21.6 Å². The standard InChI is InChI=1S/C31H28N2O5S3/c1-40(35,36)22-20-25-19-21-33(29-13-7-8-14-30(29)39-25)41(37,38)26-17-15-24(16-18-26)32-31(34)28-12-6-5-11-27(28)23-9-3-2-4-10-23/h2-19,21,25H,20,22H2,1H3,(H,32,34). The summed E-state index contributed by atoms with van der Waals surface area (Å²) in [6.45, 7) is 0. The van der Waals surface area contributed by atoms with Crippen molar-refractivity contribution in [2.24, 2.45) is 0 Å². The molecule has 4 aromatic rings. The van der Waals surface area contributed by atoms with Gasteiger partial charge in [-0.05, 0) is 60.0 Å². The predicted molar refractivity (Wildman–Crippen MR) is 165 cm³/mol. The van der Waals surface area contributed by atoms with Crippen LogP contribution in [0.25, 0.3) is 11.1 Å². The molecule has 0 aromatic heterocycles. The van der Waals surface area contributed by atoms with Crippen LogP contribution < -0.4 is 9.62 Å². The molecule has 1 unspecified atom stereocenters. The lowest BCUT2D eigenvalue weighted by atomic mass is 9.99. The molecular formula is C31H28N2O5S3. The molecule has 0 aliphatic carbocycles. The van der Waals surface area contributed by atoms with Crippen LogP contribution in [0, 0.1) is 0 Å². The van der Waals surface area contributed by atoms with Crippen LogP contribution in [-0.4, -0.2) is 40.0 Å². The number of thioether (sulfide) groups is 1. The van der Waals surface area contributed by atoms with Crippen LogP contribution in [0.3, 0.4) is 0 Å². The number of para-hydroxylation sites is 1. The van der Waals surface area contributed by atoms with Crippen LogP contribution in [-0.2, 0) is 19.9 Å². The molecule has 1 heterocycles. The van der Waals surface area contributed by atoms with Gasteiger partial charge in [-0.3, -0.25) is 4.79 Å². The minimum Gasteiger partial charge on any atom is -0.322 e. The van der Waals surface area contributed by atoms with Gasteiger partial charge in [0, 0.05) is 33.9 Å². The largest absolute Gasteiger partial charge is 0.322 e. The van der Waals surface area contributed by atoms with Gasteiger partial charge in [-0.25, -0.2) is 21.1 Å². The molecule has 1 amide bonds. The number of sulfonamides is 1. The van der Waals surface area contributed by atoms with E-state index in [-0.39, 0.29) is 21.8 Å². The Morgan fingerprint density at radius 2 is 1.49 bits per heavy atom. The number of carbonyl (C=O) groups excluding carboxylic acids is 1. The zero-order valence-electron chi connectivity index (χ0n) is 22.2. The van der Waals surface area contributed by atoms with Crippen molar-refractivity contribution in [3.8, 4) is 11.1 Å². The van der Waals surface area contributed by atoms with Crippen molar-refractivity contribution in [3.05, 3.63) is 121 Å². The van der Waals surface area contributed by atoms with Gasteiger partial charge in [0.15, 0.2) is 0 Å². The van der Waals surface area contributed by atoms with E-state index < -0.39 is 19.9 Å². The van der Waals surface area contributed by atoms with Gasteiger partial charge in [-0.1, -0.05) is 66.7 Å². The number of nitrogens with one attached hydrogen (secondary N) is 1. The lowest BCUT2D eigenvalue weighted by Gasteiger charge is -2.21. The maximum atomic E-state index is 13.8. The second-order valence-corrected chi connectivity index (χ2v) is 14.9. The maximum Gasteiger partial charge on any atom is 0.268 e. The van der Waals surface area contributed by atoms with E-state index in [1.807, 2.05) is 54.6 Å². The number of amides is 1. The molecule has 0 saturated heterocycles. The fraction of sp³-hybridized carbons (Fsp3) is 0.129. The predicted octanol–water partition coefficient (Wildman–Crippen LogP) is 6.22. The first-order valence-electron chi connectivity index (χ1n) is 12.8. The second kappa shape index (κ2) is 11.9. The Labute approximate surface area is 244 Å². The molecule has 1 N–H and O–H groups in total. The van der Waals surface area contributed by atoms with Gasteiger partial charge in [-0.2, -0.15) is 0 Å². The fourth-order valence-electron chi connectivity index (χ4n) is 4.46. The molecule has 41 heavy (non-hydrogen) atoms. The summed E-state index contributed by atoms with van der Waals surface area (Å²) in [5.41, 5.74) is 3.17. The van der Waals surface area contributed by atoms with Crippen LogP contribution in [0.1, 0.15) is 16.8 Å². The van der Waals surface area contributed by atoms with E-state index in [0.29, 0.717) is 23.4 Å². The topological polar surface area (TPSA) is 101 Å². The quantitative estimate of drug-likeness (QED) is 0.256. The van der Waals surface area contributed by atoms with E-state index in [1.54, 1.807) is 42.5 Å². The van der Waals surface area contributed by atoms with Crippen molar-refractivity contribution < 1.29 is 21.6 Å². The van der Waals surface area contributed by atoms with Crippen LogP contribution in [0.4, 0.5) is 11.4 Å². The number of fused-ring (bicyclic) bond motifs is 1. The lowest BCUT2D eigenvalue weighted by molar-refractivity contribution is 0.102. The second-order valence-electron chi connectivity index (χ2n) is 9.58. The van der Waals surface area contributed by atoms with Crippen LogP contribution in [0.15, 0.2) is 125 Å². The molecule has 0 spiro atoms. The Hall–Kier alpha value is -3.86. The van der Waals surface area contributed by atoms with Crippen molar-refractivity contribution in [2.45, 2.75) is 21.5 Å². The van der Waals surface area contributed by atoms with E-state index >= 15 is 0 Å². The third kappa shape index (κ3) is 6.73. The van der Waals surface area contributed by atoms with Gasteiger partial charge >= 0.3 is 0 Å². The Morgan fingerprint density at radius 3 is 2.22 bits per heavy atom. The highest BCUT2D eigenvalue weighted by Crippen LogP contribution is 2.40. The average molecular weight is 605 g/mol. The molecule has 1 aliphatic rings. The van der Waals surface area contributed by atoms with E-state index in [0.717, 1.165) is 16.0 Å². The van der Waals surface area contributed by atoms with Crippen LogP contribution >= 0.6 is 11.8 Å². The summed E-state index contributed by atoms with van der Waals surface area (Å²) in [5, 5.41) is 2.66. The van der Waals surface area contributed by atoms with Crippen molar-refractivity contribution in [1.82, 2.24) is 0 Å². The molecule has 5 rings (SSSR count). The zero-order valence-corrected chi connectivity index (χ0v) is 24.6. The van der Waals surface area contributed by atoms with Crippen LogP contribution in [0.2, 0.25) is 0 Å². The molecule has 1 aliphatic heterocycles. The van der Waals surface area contributed by atoms with E-state index in [2.05, 4.69) is 5.32 Å². The first-order chi connectivity index (χ1) is 19.6. The third-order valence-corrected chi connectivity index (χ3v) is 10.5. The van der Waals surface area contributed by atoms with Gasteiger partial charge in [0.05, 0.1) is 16.3 Å². The van der Waals surface area contributed by atoms with Crippen molar-refractivity contribution in [1.29, 1.82) is 0 Å². The summed E-state index contributed by atoms with van der Waals surface area (Å²) in [4.78, 5) is 14.0. The highest BCUT2D eigenvalue weighted by molar-refractivity contribution is 8.00. The summed E-state index contributed by atoms with van der Waals surface area (Å²) in [5.74, 6) is -0.297. The average Bonchev–Trinajstić information content (AvgIpc) is 3.16. The summed E-state index contributed by atoms with van der Waals surface area (Å²) in [6, 6.07) is 30.1. The molecule has 1 atom stereocenters. The van der Waals surface area contributed by atoms with Gasteiger partial charge < -0.3 is 5.32 Å². The molecule has 0 radical (unpaired) electrons. The molecule has 4 aromatic carbocycles. The Morgan fingerprint density at radius 1 is 0.829 bits per heavy atom. The SMILES string of the molecule is CS(=O)(=O)CCC1C=CN(S(=O)(=O)c2ccc(NC(=O)c3ccccc3-c3ccccc3)cc2)c2ccccc2S1. The molecule has 10 heteroatoms. The molecule has 7 nitrogen and oxygen atoms in total. The Kier molecular flexibility index (Phi) is 8.35. The van der Waals surface area contributed by atoms with E-state index in [4.69, 9.17) is 0 Å². The van der Waals surface area contributed by atoms with Gasteiger partial charge in [0.25, 0.3) is 15.9 Å². The normalized spacial score (nSPS) is 15.1. The fourth-order valence-corrected chi connectivity index (χ4v) is 7.86. The number of hydrogen-bond donors (Lipinski definition) is 1. The minimum absolute atomic E-state index is 0.00687. The summed E-state index contributed by atoms with van der Waals surface area (Å²) in [6.07, 6.45) is 4.78. The number of anilines is 2. The smallest absolute Gasteiger partial charge is 0.268 e. The first kappa shape index (κ1) is 28.7.